The number of rotatable bonds is 3. The smallest absolute Gasteiger partial charge is 0.272 e. The number of carbonyl (C=O) groups is 2. The largest absolute Gasteiger partial charge is 0.454 e. The summed E-state index contributed by atoms with van der Waals surface area (Å²) >= 11 is 3.41. The zero-order valence-corrected chi connectivity index (χ0v) is 15.4. The lowest BCUT2D eigenvalue weighted by atomic mass is 10.2. The van der Waals surface area contributed by atoms with Crippen LogP contribution < -0.4 is 25.5 Å². The molecule has 27 heavy (non-hydrogen) atoms. The minimum Gasteiger partial charge on any atom is -0.454 e. The molecule has 2 aromatic rings. The van der Waals surface area contributed by atoms with Gasteiger partial charge in [0.15, 0.2) is 11.5 Å². The monoisotopic (exact) mass is 428 g/mol. The van der Waals surface area contributed by atoms with Crippen molar-refractivity contribution in [1.29, 1.82) is 0 Å². The second-order valence-corrected chi connectivity index (χ2v) is 6.50. The molecule has 3 N–H and O–H groups in total. The molecule has 8 nitrogen and oxygen atoms in total. The molecule has 0 atom stereocenters. The highest BCUT2D eigenvalue weighted by Gasteiger charge is 2.20. The van der Waals surface area contributed by atoms with Gasteiger partial charge in [0.2, 0.25) is 6.79 Å². The fraction of sp³-hybridized carbons (Fsp3) is 0.0556. The van der Waals surface area contributed by atoms with Crippen molar-refractivity contribution in [2.45, 2.75) is 0 Å². The lowest BCUT2D eigenvalue weighted by molar-refractivity contribution is -0.117. The van der Waals surface area contributed by atoms with Crippen molar-refractivity contribution in [3.8, 4) is 11.5 Å². The summed E-state index contributed by atoms with van der Waals surface area (Å²) in [5.74, 6) is 0.309. The van der Waals surface area contributed by atoms with Gasteiger partial charge in [0.1, 0.15) is 5.70 Å². The van der Waals surface area contributed by atoms with Gasteiger partial charge in [0.05, 0.1) is 17.6 Å². The normalized spacial score (nSPS) is 16.0. The van der Waals surface area contributed by atoms with E-state index >= 15 is 0 Å². The highest BCUT2D eigenvalue weighted by Crippen LogP contribution is 2.36. The topological polar surface area (TPSA) is 101 Å². The number of amides is 2. The van der Waals surface area contributed by atoms with Gasteiger partial charge in [0, 0.05) is 16.1 Å². The molecule has 0 fully saturated rings. The molecule has 0 aromatic heterocycles. The Balaban J connectivity index is 1.44. The number of benzene rings is 2. The van der Waals surface area contributed by atoms with Gasteiger partial charge in [-0.3, -0.25) is 9.59 Å². The van der Waals surface area contributed by atoms with Gasteiger partial charge in [-0.1, -0.05) is 12.1 Å². The summed E-state index contributed by atoms with van der Waals surface area (Å²) in [6, 6.07) is 10.7. The molecule has 0 bridgehead atoms. The van der Waals surface area contributed by atoms with Crippen molar-refractivity contribution >= 4 is 45.3 Å². The Labute approximate surface area is 162 Å². The van der Waals surface area contributed by atoms with Gasteiger partial charge >= 0.3 is 0 Å². The molecular weight excluding hydrogens is 416 g/mol. The van der Waals surface area contributed by atoms with E-state index in [4.69, 9.17) is 9.47 Å². The van der Waals surface area contributed by atoms with Crippen molar-refractivity contribution in [3.63, 3.8) is 0 Å². The summed E-state index contributed by atoms with van der Waals surface area (Å²) in [6.45, 7) is 0.171. The lowest BCUT2D eigenvalue weighted by Gasteiger charge is -2.20. The first kappa shape index (κ1) is 17.1. The molecule has 2 amide bonds. The lowest BCUT2D eigenvalue weighted by Crippen LogP contribution is -2.27. The molecule has 0 spiro atoms. The van der Waals surface area contributed by atoms with Crippen molar-refractivity contribution in [2.24, 2.45) is 5.10 Å². The van der Waals surface area contributed by atoms with Crippen LogP contribution in [-0.4, -0.2) is 24.8 Å². The van der Waals surface area contributed by atoms with Crippen molar-refractivity contribution in [2.75, 3.05) is 17.4 Å². The van der Waals surface area contributed by atoms with Crippen molar-refractivity contribution in [1.82, 2.24) is 5.43 Å². The molecule has 0 unspecified atom stereocenters. The number of carbonyl (C=O) groups excluding carboxylic acids is 2. The first-order valence-corrected chi connectivity index (χ1v) is 8.71. The van der Waals surface area contributed by atoms with Crippen LogP contribution in [0.1, 0.15) is 5.56 Å². The van der Waals surface area contributed by atoms with Crippen LogP contribution in [0, 0.1) is 0 Å². The molecule has 2 aromatic carbocycles. The third kappa shape index (κ3) is 3.63. The second kappa shape index (κ2) is 7.12. The van der Waals surface area contributed by atoms with E-state index in [0.29, 0.717) is 28.4 Å². The zero-order chi connectivity index (χ0) is 18.8. The average molecular weight is 429 g/mol. The first-order valence-electron chi connectivity index (χ1n) is 7.91. The molecule has 0 saturated heterocycles. The van der Waals surface area contributed by atoms with Crippen molar-refractivity contribution < 1.29 is 19.1 Å². The van der Waals surface area contributed by atoms with Gasteiger partial charge < -0.3 is 20.1 Å². The standard InChI is InChI=1S/C18H13BrN4O4/c19-11-6-16-15(26-9-27-16)5-10(11)8-20-23-17(24)7-14-18(25)22-13-4-2-1-3-12(13)21-14/h1-8,21H,9H2,(H,22,25)(H,23,24)/b14-7-,20-8-. The molecule has 136 valence electrons. The Kier molecular flexibility index (Phi) is 4.51. The number of halogens is 1. The number of anilines is 2. The van der Waals surface area contributed by atoms with Crippen LogP contribution in [0.5, 0.6) is 11.5 Å². The van der Waals surface area contributed by atoms with E-state index in [0.717, 1.165) is 10.5 Å². The van der Waals surface area contributed by atoms with Gasteiger partial charge in [-0.15, -0.1) is 0 Å². The average Bonchev–Trinajstić information content (AvgIpc) is 3.09. The SMILES string of the molecule is O=C(/C=C1\Nc2ccccc2NC1=O)N/N=C\c1cc2c(cc1Br)OCO2. The minimum atomic E-state index is -0.542. The van der Waals surface area contributed by atoms with Crippen LogP contribution in [0.4, 0.5) is 11.4 Å². The number of hydrogen-bond donors (Lipinski definition) is 3. The third-order valence-corrected chi connectivity index (χ3v) is 4.52. The Bertz CT molecular complexity index is 1000. The van der Waals surface area contributed by atoms with Crippen LogP contribution in [0.15, 0.2) is 57.7 Å². The highest BCUT2D eigenvalue weighted by molar-refractivity contribution is 9.10. The number of nitrogens with one attached hydrogen (secondary N) is 3. The highest BCUT2D eigenvalue weighted by atomic mass is 79.9. The molecule has 9 heteroatoms. The Morgan fingerprint density at radius 1 is 1.15 bits per heavy atom. The van der Waals surface area contributed by atoms with Crippen LogP contribution in [0.25, 0.3) is 0 Å². The summed E-state index contributed by atoms with van der Waals surface area (Å²) < 4.78 is 11.3. The molecule has 0 radical (unpaired) electrons. The summed E-state index contributed by atoms with van der Waals surface area (Å²) in [7, 11) is 0. The number of hydrogen-bond acceptors (Lipinski definition) is 6. The summed E-state index contributed by atoms with van der Waals surface area (Å²) in [5, 5.41) is 9.54. The van der Waals surface area contributed by atoms with E-state index in [2.05, 4.69) is 37.1 Å². The van der Waals surface area contributed by atoms with E-state index in [9.17, 15) is 9.59 Å². The third-order valence-electron chi connectivity index (χ3n) is 3.83. The Morgan fingerprint density at radius 3 is 2.63 bits per heavy atom. The molecule has 0 aliphatic carbocycles. The van der Waals surface area contributed by atoms with Gasteiger partial charge in [0.25, 0.3) is 11.8 Å². The van der Waals surface area contributed by atoms with E-state index in [1.807, 2.05) is 12.1 Å². The van der Waals surface area contributed by atoms with E-state index in [-0.39, 0.29) is 12.5 Å². The maximum Gasteiger partial charge on any atom is 0.272 e. The van der Waals surface area contributed by atoms with Crippen LogP contribution in [0.3, 0.4) is 0 Å². The molecule has 4 rings (SSSR count). The molecule has 2 heterocycles. The Hall–Kier alpha value is -3.33. The van der Waals surface area contributed by atoms with E-state index < -0.39 is 11.8 Å². The number of fused-ring (bicyclic) bond motifs is 2. The van der Waals surface area contributed by atoms with Crippen molar-refractivity contribution in [3.05, 3.63) is 58.2 Å². The zero-order valence-electron chi connectivity index (χ0n) is 13.8. The quantitative estimate of drug-likeness (QED) is 0.396. The van der Waals surface area contributed by atoms with Gasteiger partial charge in [-0.2, -0.15) is 5.10 Å². The molecule has 2 aliphatic heterocycles. The van der Waals surface area contributed by atoms with E-state index in [1.165, 1.54) is 6.21 Å². The summed E-state index contributed by atoms with van der Waals surface area (Å²) in [4.78, 5) is 24.1. The number of nitrogens with zero attached hydrogens (tertiary/aromatic N) is 1. The maximum absolute atomic E-state index is 12.1. The summed E-state index contributed by atoms with van der Waals surface area (Å²) in [5.41, 5.74) is 4.56. The first-order chi connectivity index (χ1) is 13.1. The van der Waals surface area contributed by atoms with Gasteiger partial charge in [-0.25, -0.2) is 5.43 Å². The minimum absolute atomic E-state index is 0.130. The predicted molar refractivity (Wildman–Crippen MR) is 103 cm³/mol. The molecule has 2 aliphatic rings. The van der Waals surface area contributed by atoms with Crippen LogP contribution in [0.2, 0.25) is 0 Å². The van der Waals surface area contributed by atoms with Gasteiger partial charge in [-0.05, 0) is 40.2 Å². The number of hydrazone groups is 1. The Morgan fingerprint density at radius 2 is 1.85 bits per heavy atom. The van der Waals surface area contributed by atoms with Crippen LogP contribution >= 0.6 is 15.9 Å². The second-order valence-electron chi connectivity index (χ2n) is 5.64. The molecular formula is C18H13BrN4O4. The molecule has 0 saturated carbocycles. The number of ether oxygens (including phenoxy) is 2. The predicted octanol–water partition coefficient (Wildman–Crippen LogP) is 2.58. The fourth-order valence-corrected chi connectivity index (χ4v) is 2.98. The van der Waals surface area contributed by atoms with E-state index in [1.54, 1.807) is 24.3 Å². The van der Waals surface area contributed by atoms with Crippen LogP contribution in [-0.2, 0) is 9.59 Å². The fourth-order valence-electron chi connectivity index (χ4n) is 2.55. The number of para-hydroxylation sites is 2. The summed E-state index contributed by atoms with van der Waals surface area (Å²) in [6.07, 6.45) is 2.61. The maximum atomic E-state index is 12.1.